The van der Waals surface area contributed by atoms with Gasteiger partial charge in [0.2, 0.25) is 0 Å². The predicted molar refractivity (Wildman–Crippen MR) is 84.7 cm³/mol. The average molecular weight is 283 g/mol. The minimum absolute atomic E-state index is 0.0335. The Morgan fingerprint density at radius 3 is 2.37 bits per heavy atom. The third-order valence-corrected chi connectivity index (χ3v) is 4.58. The summed E-state index contributed by atoms with van der Waals surface area (Å²) in [6.07, 6.45) is 1.91. The van der Waals surface area contributed by atoms with Gasteiger partial charge >= 0.3 is 0 Å². The molecule has 2 nitrogen and oxygen atoms in total. The highest BCUT2D eigenvalue weighted by molar-refractivity contribution is 6.30. The smallest absolute Gasteiger partial charge is 0.0408 e. The van der Waals surface area contributed by atoms with Gasteiger partial charge in [-0.2, -0.15) is 0 Å². The van der Waals surface area contributed by atoms with Gasteiger partial charge in [-0.05, 0) is 50.6 Å². The Morgan fingerprint density at radius 2 is 1.89 bits per heavy atom. The molecule has 0 amide bonds. The van der Waals surface area contributed by atoms with Gasteiger partial charge in [-0.25, -0.2) is 0 Å². The van der Waals surface area contributed by atoms with Crippen molar-refractivity contribution in [2.45, 2.75) is 52.1 Å². The molecule has 2 unspecified atom stereocenters. The molecule has 3 heteroatoms. The second kappa shape index (κ2) is 7.28. The van der Waals surface area contributed by atoms with E-state index in [1.54, 1.807) is 0 Å². The lowest BCUT2D eigenvalue weighted by atomic mass is 9.84. The minimum atomic E-state index is 0.0335. The molecule has 2 N–H and O–H groups in total. The molecule has 0 aliphatic carbocycles. The number of halogens is 1. The second-order valence-corrected chi connectivity index (χ2v) is 5.76. The van der Waals surface area contributed by atoms with Crippen molar-refractivity contribution in [3.05, 3.63) is 34.9 Å². The Hall–Kier alpha value is -0.570. The first-order valence-corrected chi connectivity index (χ1v) is 7.60. The SMILES string of the molecule is CCN(CC)C(C)(CC)C(N)Cc1cccc(Cl)c1. The predicted octanol–water partition coefficient (Wildman–Crippen LogP) is 3.72. The van der Waals surface area contributed by atoms with Gasteiger partial charge in [0.05, 0.1) is 0 Å². The number of hydrogen-bond acceptors (Lipinski definition) is 2. The van der Waals surface area contributed by atoms with Crippen LogP contribution in [0.4, 0.5) is 0 Å². The van der Waals surface area contributed by atoms with Gasteiger partial charge in [-0.1, -0.05) is 44.5 Å². The van der Waals surface area contributed by atoms with Gasteiger partial charge in [-0.3, -0.25) is 4.90 Å². The summed E-state index contributed by atoms with van der Waals surface area (Å²) in [4.78, 5) is 2.46. The quantitative estimate of drug-likeness (QED) is 0.826. The molecule has 0 aliphatic rings. The lowest BCUT2D eigenvalue weighted by Crippen LogP contribution is -2.58. The third-order valence-electron chi connectivity index (χ3n) is 4.35. The molecule has 0 fully saturated rings. The normalized spacial score (nSPS) is 16.4. The minimum Gasteiger partial charge on any atom is -0.326 e. The van der Waals surface area contributed by atoms with E-state index in [4.69, 9.17) is 17.3 Å². The van der Waals surface area contributed by atoms with Gasteiger partial charge < -0.3 is 5.73 Å². The molecule has 2 atom stereocenters. The molecule has 0 saturated carbocycles. The number of rotatable bonds is 7. The van der Waals surface area contributed by atoms with E-state index in [1.807, 2.05) is 18.2 Å². The van der Waals surface area contributed by atoms with Gasteiger partial charge in [0.1, 0.15) is 0 Å². The van der Waals surface area contributed by atoms with Crippen LogP contribution in [0.25, 0.3) is 0 Å². The van der Waals surface area contributed by atoms with Gasteiger partial charge in [-0.15, -0.1) is 0 Å². The maximum atomic E-state index is 6.51. The molecule has 108 valence electrons. The molecule has 0 spiro atoms. The van der Waals surface area contributed by atoms with Crippen molar-refractivity contribution in [3.63, 3.8) is 0 Å². The highest BCUT2D eigenvalue weighted by atomic mass is 35.5. The van der Waals surface area contributed by atoms with Crippen LogP contribution in [0.1, 0.15) is 39.7 Å². The van der Waals surface area contributed by atoms with E-state index in [9.17, 15) is 0 Å². The van der Waals surface area contributed by atoms with Crippen LogP contribution in [-0.2, 0) is 6.42 Å². The van der Waals surface area contributed by atoms with Gasteiger partial charge in [0, 0.05) is 16.6 Å². The van der Waals surface area contributed by atoms with Crippen molar-refractivity contribution in [1.29, 1.82) is 0 Å². The van der Waals surface area contributed by atoms with E-state index >= 15 is 0 Å². The summed E-state index contributed by atoms with van der Waals surface area (Å²) >= 11 is 6.04. The lowest BCUT2D eigenvalue weighted by Gasteiger charge is -2.44. The molecule has 0 heterocycles. The van der Waals surface area contributed by atoms with Crippen molar-refractivity contribution in [1.82, 2.24) is 4.90 Å². The van der Waals surface area contributed by atoms with Crippen molar-refractivity contribution in [2.24, 2.45) is 5.73 Å². The number of nitrogens with two attached hydrogens (primary N) is 1. The third kappa shape index (κ3) is 3.95. The zero-order chi connectivity index (χ0) is 14.5. The molecule has 0 aliphatic heterocycles. The summed E-state index contributed by atoms with van der Waals surface area (Å²) in [6, 6.07) is 8.12. The molecule has 19 heavy (non-hydrogen) atoms. The summed E-state index contributed by atoms with van der Waals surface area (Å²) in [5.41, 5.74) is 7.76. The van der Waals surface area contributed by atoms with Crippen LogP contribution in [0.15, 0.2) is 24.3 Å². The lowest BCUT2D eigenvalue weighted by molar-refractivity contribution is 0.0845. The summed E-state index contributed by atoms with van der Waals surface area (Å²) in [7, 11) is 0. The van der Waals surface area contributed by atoms with Crippen molar-refractivity contribution in [3.8, 4) is 0 Å². The van der Waals surface area contributed by atoms with Crippen LogP contribution < -0.4 is 5.73 Å². The van der Waals surface area contributed by atoms with Crippen molar-refractivity contribution >= 4 is 11.6 Å². The zero-order valence-electron chi connectivity index (χ0n) is 12.6. The maximum absolute atomic E-state index is 6.51. The fraction of sp³-hybridized carbons (Fsp3) is 0.625. The van der Waals surface area contributed by atoms with Crippen LogP contribution >= 0.6 is 11.6 Å². The Bertz CT molecular complexity index is 390. The second-order valence-electron chi connectivity index (χ2n) is 5.32. The van der Waals surface area contributed by atoms with Crippen LogP contribution in [0.3, 0.4) is 0 Å². The van der Waals surface area contributed by atoms with Crippen LogP contribution in [0.5, 0.6) is 0 Å². The van der Waals surface area contributed by atoms with Crippen molar-refractivity contribution in [2.75, 3.05) is 13.1 Å². The fourth-order valence-electron chi connectivity index (χ4n) is 2.80. The molecule has 0 bridgehead atoms. The van der Waals surface area contributed by atoms with Crippen molar-refractivity contribution < 1.29 is 0 Å². The standard InChI is InChI=1S/C16H27ClN2/c1-5-16(4,19(6-2)7-3)15(18)12-13-9-8-10-14(17)11-13/h8-11,15H,5-7,12,18H2,1-4H3. The summed E-state index contributed by atoms with van der Waals surface area (Å²) in [5, 5.41) is 0.783. The van der Waals surface area contributed by atoms with E-state index in [0.717, 1.165) is 31.0 Å². The van der Waals surface area contributed by atoms with E-state index in [2.05, 4.69) is 38.7 Å². The van der Waals surface area contributed by atoms with Crippen LogP contribution in [0, 0.1) is 0 Å². The number of benzene rings is 1. The first kappa shape index (κ1) is 16.5. The van der Waals surface area contributed by atoms with Crippen LogP contribution in [-0.4, -0.2) is 29.6 Å². The highest BCUT2D eigenvalue weighted by Crippen LogP contribution is 2.25. The summed E-state index contributed by atoms with van der Waals surface area (Å²) in [5.74, 6) is 0. The molecule has 1 aromatic carbocycles. The fourth-order valence-corrected chi connectivity index (χ4v) is 3.02. The Labute approximate surface area is 122 Å². The van der Waals surface area contributed by atoms with Gasteiger partial charge in [0.15, 0.2) is 0 Å². The molecular weight excluding hydrogens is 256 g/mol. The number of likely N-dealkylation sites (N-methyl/N-ethyl adjacent to an activating group) is 1. The molecule has 0 aromatic heterocycles. The topological polar surface area (TPSA) is 29.3 Å². The van der Waals surface area contributed by atoms with E-state index in [-0.39, 0.29) is 11.6 Å². The van der Waals surface area contributed by atoms with E-state index < -0.39 is 0 Å². The largest absolute Gasteiger partial charge is 0.326 e. The first-order valence-electron chi connectivity index (χ1n) is 7.23. The number of nitrogens with zero attached hydrogens (tertiary/aromatic N) is 1. The molecule has 0 saturated heterocycles. The Morgan fingerprint density at radius 1 is 1.26 bits per heavy atom. The summed E-state index contributed by atoms with van der Waals surface area (Å²) in [6.45, 7) is 11.0. The first-order chi connectivity index (χ1) is 8.97. The monoisotopic (exact) mass is 282 g/mol. The van der Waals surface area contributed by atoms with Crippen LogP contribution in [0.2, 0.25) is 5.02 Å². The van der Waals surface area contributed by atoms with Gasteiger partial charge in [0.25, 0.3) is 0 Å². The van der Waals surface area contributed by atoms with E-state index in [1.165, 1.54) is 5.56 Å². The average Bonchev–Trinajstić information content (AvgIpc) is 2.39. The summed E-state index contributed by atoms with van der Waals surface area (Å²) < 4.78 is 0. The highest BCUT2D eigenvalue weighted by Gasteiger charge is 2.34. The molecule has 0 radical (unpaired) electrons. The Balaban J connectivity index is 2.87. The van der Waals surface area contributed by atoms with E-state index in [0.29, 0.717) is 0 Å². The molecular formula is C16H27ClN2. The molecule has 1 aromatic rings. The molecule has 1 rings (SSSR count). The maximum Gasteiger partial charge on any atom is 0.0408 e. The zero-order valence-corrected chi connectivity index (χ0v) is 13.4. The number of hydrogen-bond donors (Lipinski definition) is 1. The Kier molecular flexibility index (Phi) is 6.31.